The molecule has 0 N–H and O–H groups in total. The molecule has 0 radical (unpaired) electrons. The van der Waals surface area contributed by atoms with Crippen LogP contribution in [0, 0.1) is 5.82 Å². The Labute approximate surface area is 124 Å². The van der Waals surface area contributed by atoms with Crippen molar-refractivity contribution in [1.82, 2.24) is 0 Å². The SMILES string of the molecule is O=c1ccc2ccc(OCc3ccc(F)cc3Cl)cc2o1. The van der Waals surface area contributed by atoms with Gasteiger partial charge in [0.25, 0.3) is 0 Å². The van der Waals surface area contributed by atoms with Gasteiger partial charge in [0.15, 0.2) is 0 Å². The van der Waals surface area contributed by atoms with E-state index >= 15 is 0 Å². The van der Waals surface area contributed by atoms with E-state index in [4.69, 9.17) is 20.8 Å². The van der Waals surface area contributed by atoms with E-state index in [1.54, 1.807) is 30.3 Å². The topological polar surface area (TPSA) is 39.4 Å². The van der Waals surface area contributed by atoms with Gasteiger partial charge >= 0.3 is 5.63 Å². The van der Waals surface area contributed by atoms with E-state index in [0.29, 0.717) is 21.9 Å². The summed E-state index contributed by atoms with van der Waals surface area (Å²) in [6.07, 6.45) is 0. The van der Waals surface area contributed by atoms with Crippen LogP contribution in [0.3, 0.4) is 0 Å². The summed E-state index contributed by atoms with van der Waals surface area (Å²) < 4.78 is 23.6. The second-order valence-electron chi connectivity index (χ2n) is 4.48. The first-order valence-electron chi connectivity index (χ1n) is 6.22. The Kier molecular flexibility index (Phi) is 3.62. The molecule has 0 aliphatic heterocycles. The summed E-state index contributed by atoms with van der Waals surface area (Å²) >= 11 is 5.93. The van der Waals surface area contributed by atoms with E-state index < -0.39 is 11.4 Å². The molecule has 0 atom stereocenters. The maximum absolute atomic E-state index is 13.0. The molecule has 0 fully saturated rings. The minimum Gasteiger partial charge on any atom is -0.489 e. The van der Waals surface area contributed by atoms with Crippen LogP contribution in [0.5, 0.6) is 5.75 Å². The molecule has 3 aromatic rings. The highest BCUT2D eigenvalue weighted by Crippen LogP contribution is 2.22. The normalized spacial score (nSPS) is 10.8. The largest absolute Gasteiger partial charge is 0.489 e. The van der Waals surface area contributed by atoms with Gasteiger partial charge in [-0.1, -0.05) is 17.7 Å². The summed E-state index contributed by atoms with van der Waals surface area (Å²) in [5.74, 6) is 0.147. The summed E-state index contributed by atoms with van der Waals surface area (Å²) in [6.45, 7) is 0.196. The second kappa shape index (κ2) is 5.58. The fraction of sp³-hybridized carbons (Fsp3) is 0.0625. The average Bonchev–Trinajstić information content (AvgIpc) is 2.46. The lowest BCUT2D eigenvalue weighted by Crippen LogP contribution is -1.98. The Morgan fingerprint density at radius 1 is 1.10 bits per heavy atom. The molecule has 0 saturated heterocycles. The summed E-state index contributed by atoms with van der Waals surface area (Å²) in [5, 5.41) is 1.11. The summed E-state index contributed by atoms with van der Waals surface area (Å²) in [5.41, 5.74) is 0.708. The van der Waals surface area contributed by atoms with Gasteiger partial charge < -0.3 is 9.15 Å². The molecule has 2 aromatic carbocycles. The summed E-state index contributed by atoms with van der Waals surface area (Å²) in [7, 11) is 0. The zero-order valence-corrected chi connectivity index (χ0v) is 11.6. The Hall–Kier alpha value is -2.33. The van der Waals surface area contributed by atoms with E-state index in [2.05, 4.69) is 0 Å². The number of hydrogen-bond acceptors (Lipinski definition) is 3. The first-order valence-corrected chi connectivity index (χ1v) is 6.60. The third-order valence-corrected chi connectivity index (χ3v) is 3.36. The van der Waals surface area contributed by atoms with Crippen molar-refractivity contribution in [3.05, 3.63) is 75.4 Å². The molecular formula is C16H10ClFO3. The quantitative estimate of drug-likeness (QED) is 0.682. The van der Waals surface area contributed by atoms with Gasteiger partial charge in [-0.05, 0) is 30.3 Å². The van der Waals surface area contributed by atoms with Crippen molar-refractivity contribution >= 4 is 22.6 Å². The van der Waals surface area contributed by atoms with Gasteiger partial charge in [-0.25, -0.2) is 9.18 Å². The van der Waals surface area contributed by atoms with Crippen LogP contribution in [0.2, 0.25) is 5.02 Å². The van der Waals surface area contributed by atoms with Gasteiger partial charge in [0.05, 0.1) is 5.02 Å². The molecule has 0 saturated carbocycles. The van der Waals surface area contributed by atoms with Crippen LogP contribution in [0.4, 0.5) is 4.39 Å². The van der Waals surface area contributed by atoms with Crippen molar-refractivity contribution in [1.29, 1.82) is 0 Å². The lowest BCUT2D eigenvalue weighted by Gasteiger charge is -2.08. The molecule has 0 unspecified atom stereocenters. The van der Waals surface area contributed by atoms with E-state index in [1.807, 2.05) is 0 Å². The van der Waals surface area contributed by atoms with Gasteiger partial charge in [-0.15, -0.1) is 0 Å². The van der Waals surface area contributed by atoms with Crippen molar-refractivity contribution in [2.75, 3.05) is 0 Å². The number of ether oxygens (including phenoxy) is 1. The van der Waals surface area contributed by atoms with Crippen LogP contribution in [-0.2, 0) is 6.61 Å². The standard InChI is InChI=1S/C16H10ClFO3/c17-14-7-12(18)4-1-11(14)9-20-13-5-2-10-3-6-16(19)21-15(10)8-13/h1-8H,9H2. The van der Waals surface area contributed by atoms with Gasteiger partial charge in [-0.3, -0.25) is 0 Å². The number of fused-ring (bicyclic) bond motifs is 1. The Morgan fingerprint density at radius 3 is 2.71 bits per heavy atom. The molecule has 0 bridgehead atoms. The molecule has 1 aromatic heterocycles. The van der Waals surface area contributed by atoms with Gasteiger partial charge in [-0.2, -0.15) is 0 Å². The lowest BCUT2D eigenvalue weighted by atomic mass is 10.2. The monoisotopic (exact) mass is 304 g/mol. The fourth-order valence-electron chi connectivity index (χ4n) is 1.93. The minimum atomic E-state index is -0.416. The maximum Gasteiger partial charge on any atom is 0.336 e. The van der Waals surface area contributed by atoms with E-state index in [-0.39, 0.29) is 6.61 Å². The minimum absolute atomic E-state index is 0.196. The van der Waals surface area contributed by atoms with Crippen LogP contribution in [-0.4, -0.2) is 0 Å². The van der Waals surface area contributed by atoms with Crippen LogP contribution in [0.1, 0.15) is 5.56 Å². The molecule has 0 aliphatic rings. The first kappa shape index (κ1) is 13.6. The molecule has 3 rings (SSSR count). The third-order valence-electron chi connectivity index (χ3n) is 3.00. The zero-order chi connectivity index (χ0) is 14.8. The molecule has 3 nitrogen and oxygen atoms in total. The number of halogens is 2. The molecule has 1 heterocycles. The first-order chi connectivity index (χ1) is 10.1. The highest BCUT2D eigenvalue weighted by molar-refractivity contribution is 6.31. The molecule has 0 amide bonds. The highest BCUT2D eigenvalue weighted by Gasteiger charge is 2.05. The zero-order valence-electron chi connectivity index (χ0n) is 10.8. The van der Waals surface area contributed by atoms with Gasteiger partial charge in [0, 0.05) is 23.1 Å². The number of hydrogen-bond donors (Lipinski definition) is 0. The van der Waals surface area contributed by atoms with E-state index in [1.165, 1.54) is 18.2 Å². The van der Waals surface area contributed by atoms with E-state index in [9.17, 15) is 9.18 Å². The maximum atomic E-state index is 13.0. The Bertz CT molecular complexity index is 858. The van der Waals surface area contributed by atoms with Crippen LogP contribution in [0.15, 0.2) is 57.7 Å². The number of benzene rings is 2. The Morgan fingerprint density at radius 2 is 1.90 bits per heavy atom. The smallest absolute Gasteiger partial charge is 0.336 e. The molecule has 0 aliphatic carbocycles. The predicted octanol–water partition coefficient (Wildman–Crippen LogP) is 4.16. The molecule has 0 spiro atoms. The van der Waals surface area contributed by atoms with Crippen molar-refractivity contribution < 1.29 is 13.5 Å². The molecule has 106 valence electrons. The second-order valence-corrected chi connectivity index (χ2v) is 4.89. The van der Waals surface area contributed by atoms with Gasteiger partial charge in [0.1, 0.15) is 23.8 Å². The highest BCUT2D eigenvalue weighted by atomic mass is 35.5. The van der Waals surface area contributed by atoms with Crippen LogP contribution in [0.25, 0.3) is 11.0 Å². The van der Waals surface area contributed by atoms with E-state index in [0.717, 1.165) is 5.39 Å². The lowest BCUT2D eigenvalue weighted by molar-refractivity contribution is 0.306. The summed E-state index contributed by atoms with van der Waals surface area (Å²) in [6, 6.07) is 12.4. The van der Waals surface area contributed by atoms with Crippen LogP contribution >= 0.6 is 11.6 Å². The fourth-order valence-corrected chi connectivity index (χ4v) is 2.15. The Balaban J connectivity index is 1.83. The predicted molar refractivity (Wildman–Crippen MR) is 78.2 cm³/mol. The summed E-state index contributed by atoms with van der Waals surface area (Å²) in [4.78, 5) is 11.2. The number of rotatable bonds is 3. The van der Waals surface area contributed by atoms with Crippen molar-refractivity contribution in [3.8, 4) is 5.75 Å². The van der Waals surface area contributed by atoms with Crippen molar-refractivity contribution in [2.24, 2.45) is 0 Å². The van der Waals surface area contributed by atoms with Crippen molar-refractivity contribution in [3.63, 3.8) is 0 Å². The van der Waals surface area contributed by atoms with Gasteiger partial charge in [0.2, 0.25) is 0 Å². The van der Waals surface area contributed by atoms with Crippen LogP contribution < -0.4 is 10.4 Å². The molecule has 21 heavy (non-hydrogen) atoms. The van der Waals surface area contributed by atoms with Crippen molar-refractivity contribution in [2.45, 2.75) is 6.61 Å². The third kappa shape index (κ3) is 3.06. The average molecular weight is 305 g/mol. The molecular weight excluding hydrogens is 295 g/mol. The molecule has 5 heteroatoms.